The van der Waals surface area contributed by atoms with Crippen LogP contribution in [0, 0.1) is 0 Å². The van der Waals surface area contributed by atoms with E-state index in [9.17, 15) is 0 Å². The number of rotatable bonds is 6. The van der Waals surface area contributed by atoms with Crippen LogP contribution in [0.3, 0.4) is 0 Å². The number of hydrogen-bond donors (Lipinski definition) is 2. The zero-order chi connectivity index (χ0) is 15.4. The summed E-state index contributed by atoms with van der Waals surface area (Å²) in [6, 6.07) is 10.0. The average molecular weight is 298 g/mol. The van der Waals surface area contributed by atoms with Crippen molar-refractivity contribution in [3.05, 3.63) is 48.3 Å². The molecule has 6 nitrogen and oxygen atoms in total. The minimum absolute atomic E-state index is 0.0730. The minimum atomic E-state index is 0.0730. The minimum Gasteiger partial charge on any atom is -0.481 e. The molecule has 0 aliphatic rings. The van der Waals surface area contributed by atoms with Gasteiger partial charge in [-0.15, -0.1) is 0 Å². The molecule has 6 heteroatoms. The van der Waals surface area contributed by atoms with Crippen molar-refractivity contribution in [2.24, 2.45) is 0 Å². The summed E-state index contributed by atoms with van der Waals surface area (Å²) in [7, 11) is 1.62. The summed E-state index contributed by atoms with van der Waals surface area (Å²) in [6.45, 7) is 1.15. The molecule has 0 spiro atoms. The number of ether oxygens (including phenoxy) is 1. The number of methoxy groups -OCH3 is 1. The molecule has 0 aliphatic heterocycles. The van der Waals surface area contributed by atoms with E-state index in [1.807, 2.05) is 30.5 Å². The maximum atomic E-state index is 8.90. The molecule has 2 heterocycles. The van der Waals surface area contributed by atoms with Crippen molar-refractivity contribution in [2.45, 2.75) is 13.1 Å². The normalized spacial score (nSPS) is 10.8. The van der Waals surface area contributed by atoms with E-state index in [0.29, 0.717) is 19.0 Å². The Kier molecular flexibility index (Phi) is 4.20. The lowest BCUT2D eigenvalue weighted by Gasteiger charge is -2.10. The Morgan fingerprint density at radius 1 is 1.32 bits per heavy atom. The van der Waals surface area contributed by atoms with Gasteiger partial charge in [0.2, 0.25) is 5.88 Å². The SMILES string of the molecule is COc1nc2ccccc2cc1CNc1cnn(CCO)c1. The number of anilines is 1. The topological polar surface area (TPSA) is 72.2 Å². The molecule has 1 aromatic carbocycles. The van der Waals surface area contributed by atoms with Crippen molar-refractivity contribution in [3.63, 3.8) is 0 Å². The number of pyridine rings is 1. The first kappa shape index (κ1) is 14.3. The summed E-state index contributed by atoms with van der Waals surface area (Å²) >= 11 is 0. The van der Waals surface area contributed by atoms with E-state index in [4.69, 9.17) is 9.84 Å². The predicted octanol–water partition coefficient (Wildman–Crippen LogP) is 2.04. The van der Waals surface area contributed by atoms with Crippen molar-refractivity contribution >= 4 is 16.6 Å². The van der Waals surface area contributed by atoms with Crippen LogP contribution in [0.4, 0.5) is 5.69 Å². The summed E-state index contributed by atoms with van der Waals surface area (Å²) in [5, 5.41) is 17.4. The Hall–Kier alpha value is -2.60. The second-order valence-electron chi connectivity index (χ2n) is 4.92. The smallest absolute Gasteiger partial charge is 0.218 e. The average Bonchev–Trinajstić information content (AvgIpc) is 3.00. The van der Waals surface area contributed by atoms with E-state index in [2.05, 4.69) is 21.5 Å². The van der Waals surface area contributed by atoms with Crippen molar-refractivity contribution < 1.29 is 9.84 Å². The highest BCUT2D eigenvalue weighted by molar-refractivity contribution is 5.80. The Balaban J connectivity index is 1.79. The molecule has 0 radical (unpaired) electrons. The van der Waals surface area contributed by atoms with Crippen molar-refractivity contribution in [1.29, 1.82) is 0 Å². The van der Waals surface area contributed by atoms with Gasteiger partial charge in [0.05, 0.1) is 37.7 Å². The lowest BCUT2D eigenvalue weighted by atomic mass is 10.1. The Labute approximate surface area is 128 Å². The second-order valence-corrected chi connectivity index (χ2v) is 4.92. The number of hydrogen-bond acceptors (Lipinski definition) is 5. The molecule has 3 aromatic rings. The quantitative estimate of drug-likeness (QED) is 0.728. The van der Waals surface area contributed by atoms with Gasteiger partial charge in [-0.2, -0.15) is 5.10 Å². The van der Waals surface area contributed by atoms with Gasteiger partial charge in [0, 0.05) is 23.7 Å². The highest BCUT2D eigenvalue weighted by atomic mass is 16.5. The van der Waals surface area contributed by atoms with E-state index in [1.165, 1.54) is 0 Å². The fraction of sp³-hybridized carbons (Fsp3) is 0.250. The highest BCUT2D eigenvalue weighted by Gasteiger charge is 2.07. The summed E-state index contributed by atoms with van der Waals surface area (Å²) in [5.74, 6) is 0.619. The number of nitrogens with zero attached hydrogens (tertiary/aromatic N) is 3. The standard InChI is InChI=1S/C16H18N4O2/c1-22-16-13(8-12-4-2-3-5-15(12)19-16)9-17-14-10-18-20(11-14)6-7-21/h2-5,8,10-11,17,21H,6-7,9H2,1H3. The van der Waals surface area contributed by atoms with Crippen LogP contribution in [0.5, 0.6) is 5.88 Å². The molecule has 0 fully saturated rings. The lowest BCUT2D eigenvalue weighted by molar-refractivity contribution is 0.269. The third-order valence-corrected chi connectivity index (χ3v) is 3.40. The van der Waals surface area contributed by atoms with Gasteiger partial charge in [0.25, 0.3) is 0 Å². The van der Waals surface area contributed by atoms with Crippen molar-refractivity contribution in [3.8, 4) is 5.88 Å². The number of para-hydroxylation sites is 1. The second kappa shape index (κ2) is 6.44. The van der Waals surface area contributed by atoms with Gasteiger partial charge >= 0.3 is 0 Å². The molecule has 3 rings (SSSR count). The van der Waals surface area contributed by atoms with Crippen molar-refractivity contribution in [1.82, 2.24) is 14.8 Å². The number of aliphatic hydroxyl groups is 1. The Bertz CT molecular complexity index is 770. The fourth-order valence-corrected chi connectivity index (χ4v) is 2.32. The van der Waals surface area contributed by atoms with Gasteiger partial charge in [0.1, 0.15) is 0 Å². The van der Waals surface area contributed by atoms with Crippen LogP contribution < -0.4 is 10.1 Å². The fourth-order valence-electron chi connectivity index (χ4n) is 2.32. The molecule has 0 aliphatic carbocycles. The lowest BCUT2D eigenvalue weighted by Crippen LogP contribution is -2.04. The van der Waals surface area contributed by atoms with Crippen LogP contribution in [0.1, 0.15) is 5.56 Å². The van der Waals surface area contributed by atoms with Crippen LogP contribution >= 0.6 is 0 Å². The first-order valence-corrected chi connectivity index (χ1v) is 7.10. The first-order chi connectivity index (χ1) is 10.8. The van der Waals surface area contributed by atoms with Crippen LogP contribution in [-0.2, 0) is 13.1 Å². The van der Waals surface area contributed by atoms with E-state index < -0.39 is 0 Å². The molecule has 0 bridgehead atoms. The highest BCUT2D eigenvalue weighted by Crippen LogP contribution is 2.23. The summed E-state index contributed by atoms with van der Waals surface area (Å²) in [6.07, 6.45) is 3.59. The van der Waals surface area contributed by atoms with Gasteiger partial charge in [-0.25, -0.2) is 4.98 Å². The number of benzene rings is 1. The Morgan fingerprint density at radius 2 is 2.18 bits per heavy atom. The van der Waals surface area contributed by atoms with Gasteiger partial charge in [-0.3, -0.25) is 4.68 Å². The number of fused-ring (bicyclic) bond motifs is 1. The van der Waals surface area contributed by atoms with E-state index in [-0.39, 0.29) is 6.61 Å². The molecule has 0 atom stereocenters. The van der Waals surface area contributed by atoms with Crippen LogP contribution in [-0.4, -0.2) is 33.6 Å². The molecule has 0 amide bonds. The predicted molar refractivity (Wildman–Crippen MR) is 84.9 cm³/mol. The third kappa shape index (κ3) is 3.01. The molecule has 2 N–H and O–H groups in total. The van der Waals surface area contributed by atoms with Gasteiger partial charge in [-0.1, -0.05) is 18.2 Å². The molecular weight excluding hydrogens is 280 g/mol. The van der Waals surface area contributed by atoms with Gasteiger partial charge < -0.3 is 15.2 Å². The molecule has 0 saturated carbocycles. The largest absolute Gasteiger partial charge is 0.481 e. The summed E-state index contributed by atoms with van der Waals surface area (Å²) in [5.41, 5.74) is 2.79. The van der Waals surface area contributed by atoms with Crippen LogP contribution in [0.25, 0.3) is 10.9 Å². The van der Waals surface area contributed by atoms with Crippen LogP contribution in [0.2, 0.25) is 0 Å². The number of aromatic nitrogens is 3. The van der Waals surface area contributed by atoms with Gasteiger partial charge in [-0.05, 0) is 12.1 Å². The maximum absolute atomic E-state index is 8.90. The molecule has 22 heavy (non-hydrogen) atoms. The molecule has 0 unspecified atom stereocenters. The zero-order valence-corrected chi connectivity index (χ0v) is 12.4. The number of nitrogens with one attached hydrogen (secondary N) is 1. The molecule has 0 saturated heterocycles. The maximum Gasteiger partial charge on any atom is 0.218 e. The van der Waals surface area contributed by atoms with E-state index in [0.717, 1.165) is 22.2 Å². The Morgan fingerprint density at radius 3 is 3.00 bits per heavy atom. The molecule has 2 aromatic heterocycles. The monoisotopic (exact) mass is 298 g/mol. The third-order valence-electron chi connectivity index (χ3n) is 3.40. The number of aliphatic hydroxyl groups excluding tert-OH is 1. The van der Waals surface area contributed by atoms with Crippen LogP contribution in [0.15, 0.2) is 42.7 Å². The van der Waals surface area contributed by atoms with Gasteiger partial charge in [0.15, 0.2) is 0 Å². The van der Waals surface area contributed by atoms with E-state index in [1.54, 1.807) is 18.0 Å². The molecule has 114 valence electrons. The summed E-state index contributed by atoms with van der Waals surface area (Å²) < 4.78 is 7.07. The van der Waals surface area contributed by atoms with Crippen molar-refractivity contribution in [2.75, 3.05) is 19.0 Å². The summed E-state index contributed by atoms with van der Waals surface area (Å²) in [4.78, 5) is 4.52. The van der Waals surface area contributed by atoms with E-state index >= 15 is 0 Å². The zero-order valence-electron chi connectivity index (χ0n) is 12.4. The first-order valence-electron chi connectivity index (χ1n) is 7.10. The molecular formula is C16H18N4O2.